The molecule has 0 saturated carbocycles. The molecule has 0 radical (unpaired) electrons. The third kappa shape index (κ3) is 3.02. The number of hydrogen-bond donors (Lipinski definition) is 2. The van der Waals surface area contributed by atoms with Crippen molar-refractivity contribution < 1.29 is 9.53 Å². The summed E-state index contributed by atoms with van der Waals surface area (Å²) in [4.78, 5) is 12.1. The third-order valence-electron chi connectivity index (χ3n) is 4.25. The van der Waals surface area contributed by atoms with E-state index in [0.717, 1.165) is 44.8 Å². The van der Waals surface area contributed by atoms with Crippen molar-refractivity contribution >= 4 is 11.6 Å². The van der Waals surface area contributed by atoms with Gasteiger partial charge in [0.05, 0.1) is 24.5 Å². The van der Waals surface area contributed by atoms with E-state index in [2.05, 4.69) is 15.7 Å². The van der Waals surface area contributed by atoms with Crippen LogP contribution in [0.3, 0.4) is 0 Å². The van der Waals surface area contributed by atoms with Crippen molar-refractivity contribution in [2.24, 2.45) is 11.8 Å². The molecule has 3 rings (SSSR count). The van der Waals surface area contributed by atoms with Gasteiger partial charge in [-0.05, 0) is 31.8 Å². The Kier molecular flexibility index (Phi) is 4.03. The van der Waals surface area contributed by atoms with Crippen LogP contribution < -0.4 is 10.6 Å². The summed E-state index contributed by atoms with van der Waals surface area (Å²) in [5.41, 5.74) is 0.770. The van der Waals surface area contributed by atoms with E-state index in [1.54, 1.807) is 6.20 Å². The highest BCUT2D eigenvalue weighted by Crippen LogP contribution is 2.19. The lowest BCUT2D eigenvalue weighted by Gasteiger charge is -2.31. The Morgan fingerprint density at radius 3 is 3.15 bits per heavy atom. The van der Waals surface area contributed by atoms with Gasteiger partial charge in [0, 0.05) is 18.7 Å². The molecule has 2 aliphatic rings. The fourth-order valence-electron chi connectivity index (χ4n) is 2.66. The van der Waals surface area contributed by atoms with Gasteiger partial charge in [-0.2, -0.15) is 5.10 Å². The number of rotatable bonds is 5. The number of ether oxygens (including phenoxy) is 1. The van der Waals surface area contributed by atoms with Crippen LogP contribution in [-0.2, 0) is 16.1 Å². The minimum Gasteiger partial charge on any atom is -0.376 e. The Morgan fingerprint density at radius 1 is 1.65 bits per heavy atom. The summed E-state index contributed by atoms with van der Waals surface area (Å²) in [6, 6.07) is 0. The average molecular weight is 278 g/mol. The van der Waals surface area contributed by atoms with Crippen molar-refractivity contribution in [3.8, 4) is 0 Å². The molecule has 2 atom stereocenters. The molecule has 110 valence electrons. The summed E-state index contributed by atoms with van der Waals surface area (Å²) >= 11 is 0. The highest BCUT2D eigenvalue weighted by Gasteiger charge is 2.28. The second kappa shape index (κ2) is 5.93. The summed E-state index contributed by atoms with van der Waals surface area (Å²) in [6.07, 6.45) is 6.07. The third-order valence-corrected chi connectivity index (χ3v) is 4.25. The maximum atomic E-state index is 12.1. The first kappa shape index (κ1) is 13.6. The largest absolute Gasteiger partial charge is 0.376 e. The van der Waals surface area contributed by atoms with Gasteiger partial charge in [-0.1, -0.05) is 6.92 Å². The summed E-state index contributed by atoms with van der Waals surface area (Å²) in [6.45, 7) is 5.47. The predicted molar refractivity (Wildman–Crippen MR) is 75.4 cm³/mol. The van der Waals surface area contributed by atoms with Crippen LogP contribution in [0.15, 0.2) is 12.4 Å². The Morgan fingerprint density at radius 2 is 2.50 bits per heavy atom. The van der Waals surface area contributed by atoms with E-state index in [1.807, 2.05) is 17.8 Å². The lowest BCUT2D eigenvalue weighted by Crippen LogP contribution is -2.48. The minimum atomic E-state index is 0.0396. The monoisotopic (exact) mass is 278 g/mol. The molecule has 0 aliphatic carbocycles. The Balaban J connectivity index is 1.52. The van der Waals surface area contributed by atoms with Crippen LogP contribution in [0, 0.1) is 11.8 Å². The van der Waals surface area contributed by atoms with Crippen LogP contribution in [-0.4, -0.2) is 41.5 Å². The van der Waals surface area contributed by atoms with Gasteiger partial charge in [-0.25, -0.2) is 0 Å². The van der Waals surface area contributed by atoms with Crippen molar-refractivity contribution in [1.29, 1.82) is 0 Å². The number of carbonyl (C=O) groups excluding carboxylic acids is 1. The molecule has 2 N–H and O–H groups in total. The van der Waals surface area contributed by atoms with Crippen LogP contribution in [0.5, 0.6) is 0 Å². The number of aromatic nitrogens is 2. The van der Waals surface area contributed by atoms with E-state index < -0.39 is 0 Å². The number of hydrogen-bond acceptors (Lipinski definition) is 4. The molecule has 2 aliphatic heterocycles. The number of anilines is 1. The first-order chi connectivity index (χ1) is 9.72. The molecule has 1 aromatic heterocycles. The second-order valence-corrected chi connectivity index (χ2v) is 5.78. The number of nitrogens with zero attached hydrogens (tertiary/aromatic N) is 2. The van der Waals surface area contributed by atoms with Crippen LogP contribution in [0.1, 0.15) is 19.8 Å². The molecule has 0 aromatic carbocycles. The summed E-state index contributed by atoms with van der Waals surface area (Å²) in [7, 11) is 0. The second-order valence-electron chi connectivity index (χ2n) is 5.78. The van der Waals surface area contributed by atoms with Gasteiger partial charge in [0.1, 0.15) is 0 Å². The molecular formula is C14H22N4O2. The minimum absolute atomic E-state index is 0.0396. The van der Waals surface area contributed by atoms with Gasteiger partial charge in [0.15, 0.2) is 0 Å². The Hall–Kier alpha value is -1.40. The fraction of sp³-hybridized carbons (Fsp3) is 0.714. The molecule has 3 heterocycles. The van der Waals surface area contributed by atoms with Crippen LogP contribution in [0.4, 0.5) is 5.69 Å². The van der Waals surface area contributed by atoms with Crippen molar-refractivity contribution in [2.75, 3.05) is 25.0 Å². The van der Waals surface area contributed by atoms with E-state index >= 15 is 0 Å². The van der Waals surface area contributed by atoms with E-state index in [0.29, 0.717) is 5.92 Å². The summed E-state index contributed by atoms with van der Waals surface area (Å²) < 4.78 is 7.43. The lowest BCUT2D eigenvalue weighted by atomic mass is 9.88. The first-order valence-electron chi connectivity index (χ1n) is 7.38. The summed E-state index contributed by atoms with van der Waals surface area (Å²) in [5, 5.41) is 10.4. The summed E-state index contributed by atoms with van der Waals surface area (Å²) in [5.74, 6) is 0.572. The van der Waals surface area contributed by atoms with E-state index in [1.165, 1.54) is 0 Å². The molecule has 2 saturated heterocycles. The lowest BCUT2D eigenvalue weighted by molar-refractivity contribution is -0.121. The molecule has 6 heteroatoms. The van der Waals surface area contributed by atoms with Crippen molar-refractivity contribution in [2.45, 2.75) is 32.4 Å². The molecule has 0 spiro atoms. The zero-order valence-electron chi connectivity index (χ0n) is 11.8. The van der Waals surface area contributed by atoms with Crippen molar-refractivity contribution in [1.82, 2.24) is 15.1 Å². The Labute approximate surface area is 118 Å². The number of carbonyl (C=O) groups is 1. The highest BCUT2D eigenvalue weighted by molar-refractivity contribution is 5.92. The smallest absolute Gasteiger partial charge is 0.227 e. The molecule has 2 unspecified atom stereocenters. The van der Waals surface area contributed by atoms with Gasteiger partial charge in [-0.3, -0.25) is 9.48 Å². The molecule has 0 bridgehead atoms. The number of amides is 1. The fourth-order valence-corrected chi connectivity index (χ4v) is 2.66. The molecular weight excluding hydrogens is 256 g/mol. The van der Waals surface area contributed by atoms with Crippen molar-refractivity contribution in [3.63, 3.8) is 0 Å². The van der Waals surface area contributed by atoms with Crippen molar-refractivity contribution in [3.05, 3.63) is 12.4 Å². The van der Waals surface area contributed by atoms with E-state index in [-0.39, 0.29) is 17.9 Å². The van der Waals surface area contributed by atoms with Gasteiger partial charge in [-0.15, -0.1) is 0 Å². The first-order valence-corrected chi connectivity index (χ1v) is 7.38. The zero-order valence-corrected chi connectivity index (χ0v) is 11.8. The van der Waals surface area contributed by atoms with Gasteiger partial charge in [0.25, 0.3) is 0 Å². The van der Waals surface area contributed by atoms with E-state index in [4.69, 9.17) is 4.74 Å². The molecule has 20 heavy (non-hydrogen) atoms. The quantitative estimate of drug-likeness (QED) is 0.838. The average Bonchev–Trinajstić information content (AvgIpc) is 2.99. The molecule has 1 amide bonds. The van der Waals surface area contributed by atoms with Gasteiger partial charge < -0.3 is 15.4 Å². The molecule has 2 fully saturated rings. The normalized spacial score (nSPS) is 24.4. The van der Waals surface area contributed by atoms with Gasteiger partial charge in [0.2, 0.25) is 5.91 Å². The highest BCUT2D eigenvalue weighted by atomic mass is 16.5. The number of nitrogens with one attached hydrogen (secondary N) is 2. The maximum Gasteiger partial charge on any atom is 0.227 e. The topological polar surface area (TPSA) is 68.2 Å². The molecule has 1 aromatic rings. The predicted octanol–water partition coefficient (Wildman–Crippen LogP) is 0.856. The van der Waals surface area contributed by atoms with Crippen LogP contribution >= 0.6 is 0 Å². The Bertz CT molecular complexity index is 463. The maximum absolute atomic E-state index is 12.1. The SMILES string of the molecule is CC(C(=O)Nc1cnn(CC2CCCO2)c1)C1CNC1. The van der Waals surface area contributed by atoms with E-state index in [9.17, 15) is 4.79 Å². The molecule has 6 nitrogen and oxygen atoms in total. The standard InChI is InChI=1S/C14H22N4O2/c1-10(11-5-15-6-11)14(19)17-12-7-16-18(8-12)9-13-3-2-4-20-13/h7-8,10-11,13,15H,2-6,9H2,1H3,(H,17,19). The van der Waals surface area contributed by atoms with Crippen LogP contribution in [0.25, 0.3) is 0 Å². The van der Waals surface area contributed by atoms with Crippen LogP contribution in [0.2, 0.25) is 0 Å². The van der Waals surface area contributed by atoms with Gasteiger partial charge >= 0.3 is 0 Å². The zero-order chi connectivity index (χ0) is 13.9.